The van der Waals surface area contributed by atoms with E-state index >= 15 is 0 Å². The van der Waals surface area contributed by atoms with Crippen molar-refractivity contribution in [3.05, 3.63) is 70.3 Å². The van der Waals surface area contributed by atoms with Gasteiger partial charge in [0.25, 0.3) is 5.69 Å². The van der Waals surface area contributed by atoms with E-state index in [4.69, 9.17) is 0 Å². The number of thioether (sulfide) groups is 1. The van der Waals surface area contributed by atoms with Gasteiger partial charge in [-0.3, -0.25) is 29.4 Å². The number of nitrogens with one attached hydrogen (secondary N) is 1. The maximum absolute atomic E-state index is 12.7. The topological polar surface area (TPSA) is 110 Å². The van der Waals surface area contributed by atoms with Crippen LogP contribution in [0.1, 0.15) is 18.4 Å². The fourth-order valence-corrected chi connectivity index (χ4v) is 4.64. The van der Waals surface area contributed by atoms with E-state index < -0.39 is 4.92 Å². The number of non-ortho nitro benzene ring substituents is 1. The molecule has 1 N–H and O–H groups in total. The van der Waals surface area contributed by atoms with Crippen LogP contribution < -0.4 is 10.2 Å². The molecule has 2 atom stereocenters. The van der Waals surface area contributed by atoms with E-state index in [0.29, 0.717) is 24.2 Å². The number of nitro groups is 1. The highest BCUT2D eigenvalue weighted by molar-refractivity contribution is 8.00. The molecule has 4 rings (SSSR count). The number of aryl methyl sites for hydroxylation is 1. The van der Waals surface area contributed by atoms with E-state index in [9.17, 15) is 24.5 Å². The smallest absolute Gasteiger partial charge is 0.271 e. The minimum Gasteiger partial charge on any atom is -0.325 e. The molecular weight excluding hydrogens is 430 g/mol. The zero-order chi connectivity index (χ0) is 22.8. The minimum absolute atomic E-state index is 0.0872. The first kappa shape index (κ1) is 21.8. The highest BCUT2D eigenvalue weighted by Crippen LogP contribution is 2.38. The predicted molar refractivity (Wildman–Crippen MR) is 121 cm³/mol. The van der Waals surface area contributed by atoms with E-state index in [-0.39, 0.29) is 41.0 Å². The zero-order valence-electron chi connectivity index (χ0n) is 17.3. The summed E-state index contributed by atoms with van der Waals surface area (Å²) in [6.07, 6.45) is 5.10. The Labute approximate surface area is 188 Å². The van der Waals surface area contributed by atoms with Crippen molar-refractivity contribution in [3.8, 4) is 0 Å². The fraction of sp³-hybridized carbons (Fsp3) is 0.261. The molecule has 2 aromatic rings. The van der Waals surface area contributed by atoms with Crippen LogP contribution in [-0.2, 0) is 14.4 Å². The number of carbonyl (C=O) groups excluding carboxylic acids is 3. The molecule has 1 fully saturated rings. The second-order valence-corrected chi connectivity index (χ2v) is 8.80. The highest BCUT2D eigenvalue weighted by Gasteiger charge is 2.47. The summed E-state index contributed by atoms with van der Waals surface area (Å²) in [7, 11) is 0. The first-order chi connectivity index (χ1) is 15.3. The van der Waals surface area contributed by atoms with Crippen LogP contribution >= 0.6 is 11.8 Å². The number of rotatable bonds is 6. The van der Waals surface area contributed by atoms with Gasteiger partial charge in [0.05, 0.1) is 33.9 Å². The van der Waals surface area contributed by atoms with Gasteiger partial charge in [0.1, 0.15) is 0 Å². The Bertz CT molecular complexity index is 1100. The molecule has 0 bridgehead atoms. The number of nitro benzene ring substituents is 1. The monoisotopic (exact) mass is 451 g/mol. The second kappa shape index (κ2) is 8.96. The van der Waals surface area contributed by atoms with Crippen molar-refractivity contribution in [2.45, 2.75) is 24.7 Å². The van der Waals surface area contributed by atoms with Gasteiger partial charge in [0, 0.05) is 17.0 Å². The zero-order valence-corrected chi connectivity index (χ0v) is 18.1. The Hall–Kier alpha value is -3.46. The van der Waals surface area contributed by atoms with Gasteiger partial charge in [-0.1, -0.05) is 18.2 Å². The van der Waals surface area contributed by atoms with Crippen LogP contribution in [0.2, 0.25) is 0 Å². The first-order valence-electron chi connectivity index (χ1n) is 10.2. The van der Waals surface area contributed by atoms with E-state index in [1.54, 1.807) is 37.3 Å². The molecule has 1 saturated heterocycles. The molecule has 1 heterocycles. The lowest BCUT2D eigenvalue weighted by atomic mass is 9.85. The lowest BCUT2D eigenvalue weighted by Crippen LogP contribution is -2.30. The molecule has 0 saturated carbocycles. The number of amides is 3. The third-order valence-corrected chi connectivity index (χ3v) is 6.69. The van der Waals surface area contributed by atoms with Gasteiger partial charge in [-0.25, -0.2) is 0 Å². The van der Waals surface area contributed by atoms with Crippen LogP contribution in [0.4, 0.5) is 17.1 Å². The number of hydrogen-bond donors (Lipinski definition) is 1. The summed E-state index contributed by atoms with van der Waals surface area (Å²) in [6.45, 7) is 1.76. The lowest BCUT2D eigenvalue weighted by Gasteiger charge is -2.15. The molecule has 0 spiro atoms. The van der Waals surface area contributed by atoms with Crippen molar-refractivity contribution < 1.29 is 19.3 Å². The van der Waals surface area contributed by atoms with Crippen LogP contribution in [0.5, 0.6) is 0 Å². The van der Waals surface area contributed by atoms with Crippen LogP contribution in [-0.4, -0.2) is 28.4 Å². The number of hydrogen-bond acceptors (Lipinski definition) is 6. The summed E-state index contributed by atoms with van der Waals surface area (Å²) in [4.78, 5) is 50.2. The number of imide groups is 1. The van der Waals surface area contributed by atoms with Gasteiger partial charge >= 0.3 is 0 Å². The number of nitrogens with zero attached hydrogens (tertiary/aromatic N) is 2. The molecule has 32 heavy (non-hydrogen) atoms. The van der Waals surface area contributed by atoms with Crippen LogP contribution in [0.3, 0.4) is 0 Å². The predicted octanol–water partition coefficient (Wildman–Crippen LogP) is 4.09. The van der Waals surface area contributed by atoms with Crippen molar-refractivity contribution in [1.29, 1.82) is 0 Å². The molecule has 8 nitrogen and oxygen atoms in total. The van der Waals surface area contributed by atoms with E-state index in [0.717, 1.165) is 10.5 Å². The van der Waals surface area contributed by atoms with Gasteiger partial charge in [-0.15, -0.1) is 11.8 Å². The van der Waals surface area contributed by atoms with E-state index in [1.807, 2.05) is 12.2 Å². The molecule has 1 aliphatic carbocycles. The molecule has 3 amide bonds. The van der Waals surface area contributed by atoms with Crippen LogP contribution in [0, 0.1) is 28.9 Å². The summed E-state index contributed by atoms with van der Waals surface area (Å²) >= 11 is 1.29. The standard InChI is InChI=1S/C23H21N3O5S/c1-14-6-7-16(26(30)31)12-20(14)24-21(27)13-32-17-10-8-15(9-11-17)25-22(28)18-4-2-3-5-19(18)23(25)29/h2-3,6-12,18-19H,4-5,13H2,1H3,(H,24,27). The maximum atomic E-state index is 12.7. The molecule has 9 heteroatoms. The van der Waals surface area contributed by atoms with Crippen LogP contribution in [0.25, 0.3) is 0 Å². The number of carbonyl (C=O) groups is 3. The summed E-state index contributed by atoms with van der Waals surface area (Å²) in [5, 5.41) is 13.6. The van der Waals surface area contributed by atoms with Crippen molar-refractivity contribution in [1.82, 2.24) is 0 Å². The van der Waals surface area contributed by atoms with E-state index in [2.05, 4.69) is 5.32 Å². The fourth-order valence-electron chi connectivity index (χ4n) is 3.94. The maximum Gasteiger partial charge on any atom is 0.271 e. The Morgan fingerprint density at radius 2 is 1.72 bits per heavy atom. The van der Waals surface area contributed by atoms with Crippen molar-refractivity contribution in [2.24, 2.45) is 11.8 Å². The number of fused-ring (bicyclic) bond motifs is 1. The Morgan fingerprint density at radius 3 is 2.31 bits per heavy atom. The number of allylic oxidation sites excluding steroid dienone is 2. The minimum atomic E-state index is -0.507. The molecule has 0 aromatic heterocycles. The largest absolute Gasteiger partial charge is 0.325 e. The third-order valence-electron chi connectivity index (χ3n) is 5.68. The molecule has 2 unspecified atom stereocenters. The molecule has 2 aromatic carbocycles. The van der Waals surface area contributed by atoms with Crippen LogP contribution in [0.15, 0.2) is 59.5 Å². The number of anilines is 2. The summed E-state index contributed by atoms with van der Waals surface area (Å²) in [6, 6.07) is 11.3. The molecule has 2 aliphatic rings. The van der Waals surface area contributed by atoms with Crippen molar-refractivity contribution >= 4 is 46.5 Å². The van der Waals surface area contributed by atoms with Gasteiger partial charge in [-0.2, -0.15) is 0 Å². The quantitative estimate of drug-likeness (QED) is 0.233. The summed E-state index contributed by atoms with van der Waals surface area (Å²) in [5.74, 6) is -1.04. The lowest BCUT2D eigenvalue weighted by molar-refractivity contribution is -0.384. The normalized spacial score (nSPS) is 19.7. The molecule has 164 valence electrons. The third kappa shape index (κ3) is 4.29. The average Bonchev–Trinajstić information content (AvgIpc) is 3.04. The summed E-state index contributed by atoms with van der Waals surface area (Å²) < 4.78 is 0. The Kier molecular flexibility index (Phi) is 6.09. The summed E-state index contributed by atoms with van der Waals surface area (Å²) in [5.41, 5.74) is 1.59. The molecule has 0 radical (unpaired) electrons. The van der Waals surface area contributed by atoms with E-state index in [1.165, 1.54) is 28.8 Å². The SMILES string of the molecule is Cc1ccc([N+](=O)[O-])cc1NC(=O)CSc1ccc(N2C(=O)C3CC=CCC3C2=O)cc1. The molecule has 1 aliphatic heterocycles. The Morgan fingerprint density at radius 1 is 1.09 bits per heavy atom. The van der Waals surface area contributed by atoms with Gasteiger partial charge in [-0.05, 0) is 49.6 Å². The highest BCUT2D eigenvalue weighted by atomic mass is 32.2. The number of benzene rings is 2. The first-order valence-corrected chi connectivity index (χ1v) is 11.1. The van der Waals surface area contributed by atoms with Crippen molar-refractivity contribution in [2.75, 3.05) is 16.0 Å². The van der Waals surface area contributed by atoms with Gasteiger partial charge in [0.15, 0.2) is 0 Å². The van der Waals surface area contributed by atoms with Crippen molar-refractivity contribution in [3.63, 3.8) is 0 Å². The average molecular weight is 452 g/mol. The second-order valence-electron chi connectivity index (χ2n) is 7.75. The molecular formula is C23H21N3O5S. The van der Waals surface area contributed by atoms with Gasteiger partial charge < -0.3 is 5.32 Å². The van der Waals surface area contributed by atoms with Gasteiger partial charge in [0.2, 0.25) is 17.7 Å². The Balaban J connectivity index is 1.37.